The Hall–Kier alpha value is -3.02. The highest BCUT2D eigenvalue weighted by atomic mass is 16.2. The number of hydrogen-bond acceptors (Lipinski definition) is 3. The Kier molecular flexibility index (Phi) is 4.88. The Labute approximate surface area is 147 Å². The van der Waals surface area contributed by atoms with E-state index in [2.05, 4.69) is 10.7 Å². The van der Waals surface area contributed by atoms with Crippen LogP contribution in [0.1, 0.15) is 22.8 Å². The highest BCUT2D eigenvalue weighted by Gasteiger charge is 2.21. The van der Waals surface area contributed by atoms with E-state index in [9.17, 15) is 9.59 Å². The van der Waals surface area contributed by atoms with Gasteiger partial charge in [-0.15, -0.1) is 0 Å². The molecule has 1 heterocycles. The lowest BCUT2D eigenvalue weighted by Gasteiger charge is -2.24. The molecule has 0 saturated carbocycles. The highest BCUT2D eigenvalue weighted by molar-refractivity contribution is 5.97. The number of urea groups is 1. The Bertz CT molecular complexity index is 756. The topological polar surface area (TPSA) is 64.7 Å². The lowest BCUT2D eigenvalue weighted by molar-refractivity contribution is 0.0949. The summed E-state index contributed by atoms with van der Waals surface area (Å²) in [7, 11) is 0. The molecule has 0 radical (unpaired) electrons. The van der Waals surface area contributed by atoms with E-state index >= 15 is 0 Å². The van der Waals surface area contributed by atoms with Gasteiger partial charge in [0, 0.05) is 30.9 Å². The van der Waals surface area contributed by atoms with Crippen LogP contribution in [-0.4, -0.2) is 31.6 Å². The monoisotopic (exact) mass is 338 g/mol. The number of anilines is 2. The van der Waals surface area contributed by atoms with Crippen LogP contribution in [0.3, 0.4) is 0 Å². The van der Waals surface area contributed by atoms with E-state index in [-0.39, 0.29) is 11.9 Å². The fourth-order valence-electron chi connectivity index (χ4n) is 2.75. The van der Waals surface area contributed by atoms with E-state index < -0.39 is 0 Å². The summed E-state index contributed by atoms with van der Waals surface area (Å²) in [5.74, 6) is -0.181. The number of nitrogens with one attached hydrogen (secondary N) is 2. The van der Waals surface area contributed by atoms with Crippen LogP contribution in [-0.2, 0) is 0 Å². The van der Waals surface area contributed by atoms with Gasteiger partial charge in [0.05, 0.1) is 5.69 Å². The molecule has 0 aliphatic carbocycles. The van der Waals surface area contributed by atoms with Gasteiger partial charge in [-0.2, -0.15) is 0 Å². The molecule has 1 saturated heterocycles. The third-order valence-corrected chi connectivity index (χ3v) is 4.20. The molecule has 1 fully saturated rings. The Morgan fingerprint density at radius 2 is 1.84 bits per heavy atom. The molecule has 6 nitrogen and oxygen atoms in total. The molecule has 1 aliphatic heterocycles. The molecule has 0 spiro atoms. The molecule has 3 amide bonds. The van der Waals surface area contributed by atoms with Crippen molar-refractivity contribution in [3.8, 4) is 0 Å². The highest BCUT2D eigenvalue weighted by Crippen LogP contribution is 2.18. The average Bonchev–Trinajstić information content (AvgIpc) is 3.06. The van der Waals surface area contributed by atoms with Gasteiger partial charge in [0.25, 0.3) is 5.91 Å². The number of carbonyl (C=O) groups excluding carboxylic acids is 2. The van der Waals surface area contributed by atoms with Crippen molar-refractivity contribution in [3.63, 3.8) is 0 Å². The molecule has 130 valence electrons. The van der Waals surface area contributed by atoms with Crippen LogP contribution in [0, 0.1) is 6.92 Å². The molecule has 1 aliphatic rings. The Balaban J connectivity index is 1.69. The van der Waals surface area contributed by atoms with Gasteiger partial charge in [-0.05, 0) is 50.2 Å². The number of nitrogens with zero attached hydrogens (tertiary/aromatic N) is 2. The second-order valence-corrected chi connectivity index (χ2v) is 5.95. The minimum absolute atomic E-state index is 0.103. The van der Waals surface area contributed by atoms with Crippen molar-refractivity contribution in [2.45, 2.75) is 13.8 Å². The number of carbonyl (C=O) groups is 2. The minimum atomic E-state index is -0.181. The summed E-state index contributed by atoms with van der Waals surface area (Å²) in [6, 6.07) is 14.9. The van der Waals surface area contributed by atoms with Crippen LogP contribution in [0.4, 0.5) is 16.2 Å². The molecule has 2 N–H and O–H groups in total. The van der Waals surface area contributed by atoms with Crippen molar-refractivity contribution in [2.24, 2.45) is 0 Å². The van der Waals surface area contributed by atoms with Crippen LogP contribution in [0.25, 0.3) is 0 Å². The summed E-state index contributed by atoms with van der Waals surface area (Å²) in [6.07, 6.45) is 0. The molecule has 0 atom stereocenters. The molecule has 3 rings (SSSR count). The van der Waals surface area contributed by atoms with E-state index in [1.54, 1.807) is 29.2 Å². The van der Waals surface area contributed by atoms with Gasteiger partial charge in [0.1, 0.15) is 0 Å². The van der Waals surface area contributed by atoms with Gasteiger partial charge in [0.2, 0.25) is 0 Å². The van der Waals surface area contributed by atoms with Crippen molar-refractivity contribution in [1.82, 2.24) is 10.7 Å². The second-order valence-electron chi connectivity index (χ2n) is 5.95. The SMILES string of the molecule is CCN(NC(=O)c1ccc(N2CCNC2=O)cc1)c1ccc(C)cc1. The quantitative estimate of drug-likeness (QED) is 0.824. The van der Waals surface area contributed by atoms with Gasteiger partial charge in [-0.1, -0.05) is 17.7 Å². The number of benzene rings is 2. The lowest BCUT2D eigenvalue weighted by Crippen LogP contribution is -2.42. The smallest absolute Gasteiger partial charge is 0.321 e. The van der Waals surface area contributed by atoms with Gasteiger partial charge in [-0.25, -0.2) is 4.79 Å². The predicted molar refractivity (Wildman–Crippen MR) is 98.9 cm³/mol. The Morgan fingerprint density at radius 1 is 1.16 bits per heavy atom. The molecule has 0 aromatic heterocycles. The third kappa shape index (κ3) is 3.74. The zero-order valence-corrected chi connectivity index (χ0v) is 14.5. The molecular formula is C19H22N4O2. The van der Waals surface area contributed by atoms with E-state index in [0.29, 0.717) is 25.2 Å². The number of rotatable bonds is 5. The standard InChI is InChI=1S/C19H22N4O2/c1-3-23(17-8-4-14(2)5-9-17)21-18(24)15-6-10-16(11-7-15)22-13-12-20-19(22)25/h4-11H,3,12-13H2,1-2H3,(H,20,25)(H,21,24). The first-order chi connectivity index (χ1) is 12.1. The van der Waals surface area contributed by atoms with Crippen LogP contribution in [0.15, 0.2) is 48.5 Å². The third-order valence-electron chi connectivity index (χ3n) is 4.20. The molecule has 0 bridgehead atoms. The summed E-state index contributed by atoms with van der Waals surface area (Å²) >= 11 is 0. The molecule has 2 aromatic carbocycles. The Morgan fingerprint density at radius 3 is 2.40 bits per heavy atom. The van der Waals surface area contributed by atoms with Crippen LogP contribution in [0.2, 0.25) is 0 Å². The summed E-state index contributed by atoms with van der Waals surface area (Å²) in [5, 5.41) is 4.57. The van der Waals surface area contributed by atoms with Crippen molar-refractivity contribution < 1.29 is 9.59 Å². The summed E-state index contributed by atoms with van der Waals surface area (Å²) in [6.45, 7) is 5.95. The van der Waals surface area contributed by atoms with Crippen molar-refractivity contribution >= 4 is 23.3 Å². The zero-order chi connectivity index (χ0) is 17.8. The molecule has 0 unspecified atom stereocenters. The summed E-state index contributed by atoms with van der Waals surface area (Å²) in [5.41, 5.74) is 6.37. The van der Waals surface area contributed by atoms with Crippen LogP contribution >= 0.6 is 0 Å². The maximum atomic E-state index is 12.5. The fraction of sp³-hybridized carbons (Fsp3) is 0.263. The first kappa shape index (κ1) is 16.8. The number of hydrazine groups is 1. The zero-order valence-electron chi connectivity index (χ0n) is 14.5. The van der Waals surface area contributed by atoms with E-state index in [4.69, 9.17) is 0 Å². The van der Waals surface area contributed by atoms with Gasteiger partial charge >= 0.3 is 6.03 Å². The van der Waals surface area contributed by atoms with Crippen LogP contribution < -0.4 is 20.7 Å². The first-order valence-corrected chi connectivity index (χ1v) is 8.39. The number of amides is 3. The summed E-state index contributed by atoms with van der Waals surface area (Å²) in [4.78, 5) is 25.9. The van der Waals surface area contributed by atoms with Gasteiger partial charge < -0.3 is 5.32 Å². The first-order valence-electron chi connectivity index (χ1n) is 8.39. The van der Waals surface area contributed by atoms with Gasteiger partial charge in [0.15, 0.2) is 0 Å². The number of aryl methyl sites for hydroxylation is 1. The van der Waals surface area contributed by atoms with Gasteiger partial charge in [-0.3, -0.25) is 20.1 Å². The maximum absolute atomic E-state index is 12.5. The normalized spacial score (nSPS) is 13.5. The lowest BCUT2D eigenvalue weighted by atomic mass is 10.2. The average molecular weight is 338 g/mol. The van der Waals surface area contributed by atoms with E-state index in [1.807, 2.05) is 43.1 Å². The molecular weight excluding hydrogens is 316 g/mol. The van der Waals surface area contributed by atoms with Crippen molar-refractivity contribution in [1.29, 1.82) is 0 Å². The van der Waals surface area contributed by atoms with Crippen LogP contribution in [0.5, 0.6) is 0 Å². The second kappa shape index (κ2) is 7.25. The summed E-state index contributed by atoms with van der Waals surface area (Å²) < 4.78 is 0. The minimum Gasteiger partial charge on any atom is -0.336 e. The predicted octanol–water partition coefficient (Wildman–Crippen LogP) is 2.70. The van der Waals surface area contributed by atoms with Crippen molar-refractivity contribution in [2.75, 3.05) is 29.5 Å². The molecule has 6 heteroatoms. The largest absolute Gasteiger partial charge is 0.336 e. The van der Waals surface area contributed by atoms with Crippen molar-refractivity contribution in [3.05, 3.63) is 59.7 Å². The van der Waals surface area contributed by atoms with E-state index in [1.165, 1.54) is 5.56 Å². The fourth-order valence-corrected chi connectivity index (χ4v) is 2.75. The number of hydrogen-bond donors (Lipinski definition) is 2. The maximum Gasteiger partial charge on any atom is 0.321 e. The molecule has 2 aromatic rings. The molecule has 25 heavy (non-hydrogen) atoms. The van der Waals surface area contributed by atoms with E-state index in [0.717, 1.165) is 11.4 Å².